The number of benzene rings is 7. The molecule has 0 unspecified atom stereocenters. The fraction of sp³-hybridized carbons (Fsp3) is 0.0638. The summed E-state index contributed by atoms with van der Waals surface area (Å²) in [6.45, 7) is 5.05. The minimum Gasteiger partial charge on any atom is -0.312 e. The highest BCUT2D eigenvalue weighted by atomic mass is 28.3. The lowest BCUT2D eigenvalue weighted by atomic mass is 9.30. The first-order valence-electron chi connectivity index (χ1n) is 18.2. The van der Waals surface area contributed by atoms with Crippen molar-refractivity contribution < 1.29 is 0 Å². The standard InChI is InChI=1S/C47H33BN2Si/c1-47(2)35-22-11-9-21-34(35)44-46(47)48-36-23-15-27-41-45(36)49(39-29-28-33-32-20-10-12-24-37(32)50(44)43(33)42(39)48)38-25-13-14-26-40(38)51(41,30-16-5-3-6-17-30)31-18-7-4-8-19-31/h3-29H,1-2H3. The maximum Gasteiger partial charge on any atom is 0.248 e. The minimum atomic E-state index is -2.76. The third-order valence-electron chi connectivity index (χ3n) is 12.6. The van der Waals surface area contributed by atoms with E-state index in [2.05, 4.69) is 187 Å². The zero-order valence-corrected chi connectivity index (χ0v) is 29.6. The summed E-state index contributed by atoms with van der Waals surface area (Å²) < 4.78 is 2.64. The summed E-state index contributed by atoms with van der Waals surface area (Å²) in [6.07, 6.45) is 0. The van der Waals surface area contributed by atoms with Crippen molar-refractivity contribution in [3.8, 4) is 0 Å². The second-order valence-electron chi connectivity index (χ2n) is 15.2. The Labute approximate surface area is 299 Å². The SMILES string of the molecule is CC1(C)C2=C(c3ccccc31)n1c3ccccc3c3ccc4c(c31)B2c1cccc2c1N4c1ccccc1[Si]2(c1ccccc1)c1ccccc1. The Morgan fingerprint density at radius 2 is 1.22 bits per heavy atom. The molecule has 2 nitrogen and oxygen atoms in total. The van der Waals surface area contributed by atoms with Gasteiger partial charge in [0, 0.05) is 44.5 Å². The molecule has 7 aromatic carbocycles. The van der Waals surface area contributed by atoms with Crippen molar-refractivity contribution in [1.29, 1.82) is 0 Å². The molecule has 0 saturated carbocycles. The molecular formula is C47H33BN2Si. The molecule has 0 atom stereocenters. The van der Waals surface area contributed by atoms with Crippen molar-refractivity contribution in [3.05, 3.63) is 180 Å². The number of allylic oxidation sites excluding steroid dienone is 1. The number of aromatic nitrogens is 1. The third-order valence-corrected chi connectivity index (χ3v) is 17.5. The summed E-state index contributed by atoms with van der Waals surface area (Å²) in [7, 11) is -2.76. The molecule has 0 saturated heterocycles. The van der Waals surface area contributed by atoms with Crippen LogP contribution in [0.3, 0.4) is 0 Å². The van der Waals surface area contributed by atoms with E-state index < -0.39 is 8.07 Å². The maximum atomic E-state index is 2.66. The van der Waals surface area contributed by atoms with Gasteiger partial charge in [-0.25, -0.2) is 0 Å². The van der Waals surface area contributed by atoms with Gasteiger partial charge in [-0.2, -0.15) is 0 Å². The van der Waals surface area contributed by atoms with Gasteiger partial charge in [-0.1, -0.05) is 165 Å². The summed E-state index contributed by atoms with van der Waals surface area (Å²) in [5.41, 5.74) is 15.0. The molecule has 1 aliphatic carbocycles. The zero-order valence-electron chi connectivity index (χ0n) is 28.6. The van der Waals surface area contributed by atoms with Crippen LogP contribution < -0.4 is 36.6 Å². The van der Waals surface area contributed by atoms with Crippen LogP contribution in [0.2, 0.25) is 0 Å². The molecule has 4 heterocycles. The zero-order chi connectivity index (χ0) is 33.6. The Hall–Kier alpha value is -5.84. The van der Waals surface area contributed by atoms with Crippen LogP contribution in [0, 0.1) is 0 Å². The molecular weight excluding hydrogens is 631 g/mol. The smallest absolute Gasteiger partial charge is 0.248 e. The summed E-state index contributed by atoms with van der Waals surface area (Å²) in [6, 6.07) is 62.5. The second kappa shape index (κ2) is 9.48. The van der Waals surface area contributed by atoms with Gasteiger partial charge in [0.1, 0.15) is 0 Å². The van der Waals surface area contributed by atoms with E-state index in [4.69, 9.17) is 0 Å². The summed E-state index contributed by atoms with van der Waals surface area (Å²) in [4.78, 5) is 2.66. The normalized spacial score (nSPS) is 16.6. The monoisotopic (exact) mass is 664 g/mol. The molecule has 0 amide bonds. The molecule has 0 N–H and O–H groups in total. The Bertz CT molecular complexity index is 2810. The van der Waals surface area contributed by atoms with Gasteiger partial charge in [0.2, 0.25) is 6.71 Å². The van der Waals surface area contributed by atoms with E-state index >= 15 is 0 Å². The predicted molar refractivity (Wildman–Crippen MR) is 218 cm³/mol. The van der Waals surface area contributed by atoms with E-state index in [1.165, 1.54) is 92.8 Å². The van der Waals surface area contributed by atoms with E-state index in [1.807, 2.05) is 0 Å². The first kappa shape index (κ1) is 27.9. The average Bonchev–Trinajstić information content (AvgIpc) is 3.64. The molecule has 3 aliphatic heterocycles. The molecule has 1 aromatic heterocycles. The van der Waals surface area contributed by atoms with Gasteiger partial charge >= 0.3 is 0 Å². The number of anilines is 3. The molecule has 0 radical (unpaired) electrons. The number of para-hydroxylation sites is 3. The van der Waals surface area contributed by atoms with E-state index in [1.54, 1.807) is 0 Å². The van der Waals surface area contributed by atoms with Crippen LogP contribution in [-0.2, 0) is 5.41 Å². The van der Waals surface area contributed by atoms with Crippen molar-refractivity contribution in [1.82, 2.24) is 4.57 Å². The first-order valence-corrected chi connectivity index (χ1v) is 20.2. The largest absolute Gasteiger partial charge is 0.312 e. The molecule has 0 fully saturated rings. The predicted octanol–water partition coefficient (Wildman–Crippen LogP) is 6.98. The highest BCUT2D eigenvalue weighted by Crippen LogP contribution is 2.54. The van der Waals surface area contributed by atoms with Crippen molar-refractivity contribution in [2.24, 2.45) is 0 Å². The fourth-order valence-corrected chi connectivity index (χ4v) is 15.9. The number of hydrogen-bond acceptors (Lipinski definition) is 1. The van der Waals surface area contributed by atoms with E-state index in [0.29, 0.717) is 0 Å². The topological polar surface area (TPSA) is 8.17 Å². The summed E-state index contributed by atoms with van der Waals surface area (Å²) in [5, 5.41) is 8.44. The van der Waals surface area contributed by atoms with Crippen molar-refractivity contribution in [2.45, 2.75) is 19.3 Å². The Balaban J connectivity index is 1.29. The first-order chi connectivity index (χ1) is 25.1. The van der Waals surface area contributed by atoms with Gasteiger partial charge in [-0.05, 0) is 55.4 Å². The molecule has 0 spiro atoms. The summed E-state index contributed by atoms with van der Waals surface area (Å²) >= 11 is 0. The van der Waals surface area contributed by atoms with Gasteiger partial charge < -0.3 is 9.47 Å². The van der Waals surface area contributed by atoms with Gasteiger partial charge in [0.15, 0.2) is 8.07 Å². The van der Waals surface area contributed by atoms with Gasteiger partial charge in [0.05, 0.1) is 11.0 Å². The Morgan fingerprint density at radius 1 is 0.549 bits per heavy atom. The van der Waals surface area contributed by atoms with Crippen LogP contribution in [0.5, 0.6) is 0 Å². The Morgan fingerprint density at radius 3 is 2.02 bits per heavy atom. The van der Waals surface area contributed by atoms with E-state index in [0.717, 1.165) is 0 Å². The second-order valence-corrected chi connectivity index (χ2v) is 18.9. The van der Waals surface area contributed by atoms with Gasteiger partial charge in [-0.3, -0.25) is 0 Å². The van der Waals surface area contributed by atoms with Crippen LogP contribution in [0.25, 0.3) is 27.5 Å². The molecule has 0 bridgehead atoms. The number of fused-ring (bicyclic) bond motifs is 11. The molecule has 8 aromatic rings. The fourth-order valence-electron chi connectivity index (χ4n) is 10.8. The van der Waals surface area contributed by atoms with Gasteiger partial charge in [-0.15, -0.1) is 0 Å². The van der Waals surface area contributed by atoms with Crippen molar-refractivity contribution >= 4 is 91.0 Å². The van der Waals surface area contributed by atoms with E-state index in [9.17, 15) is 0 Å². The highest BCUT2D eigenvalue weighted by Gasteiger charge is 2.56. The van der Waals surface area contributed by atoms with Gasteiger partial charge in [0.25, 0.3) is 0 Å². The lowest BCUT2D eigenvalue weighted by Crippen LogP contribution is -2.78. The summed E-state index contributed by atoms with van der Waals surface area (Å²) in [5.74, 6) is 0. The molecule has 238 valence electrons. The molecule has 4 aliphatic rings. The average molecular weight is 665 g/mol. The highest BCUT2D eigenvalue weighted by molar-refractivity contribution is 7.22. The van der Waals surface area contributed by atoms with Crippen LogP contribution in [0.15, 0.2) is 169 Å². The third kappa shape index (κ3) is 3.14. The maximum absolute atomic E-state index is 2.76. The van der Waals surface area contributed by atoms with E-state index in [-0.39, 0.29) is 12.1 Å². The van der Waals surface area contributed by atoms with Crippen LogP contribution in [0.4, 0.5) is 17.1 Å². The lowest BCUT2D eigenvalue weighted by molar-refractivity contribution is 0.665. The van der Waals surface area contributed by atoms with Crippen molar-refractivity contribution in [2.75, 3.05) is 4.90 Å². The Kier molecular flexibility index (Phi) is 5.19. The lowest BCUT2D eigenvalue weighted by Gasteiger charge is -2.50. The number of rotatable bonds is 2. The molecule has 51 heavy (non-hydrogen) atoms. The quantitative estimate of drug-likeness (QED) is 0.181. The molecule has 4 heteroatoms. The minimum absolute atomic E-state index is 0.118. The van der Waals surface area contributed by atoms with Crippen LogP contribution >= 0.6 is 0 Å². The number of nitrogens with zero attached hydrogens (tertiary/aromatic N) is 2. The number of hydrogen-bond donors (Lipinski definition) is 0. The van der Waals surface area contributed by atoms with Crippen LogP contribution in [-0.4, -0.2) is 19.4 Å². The van der Waals surface area contributed by atoms with Crippen LogP contribution in [0.1, 0.15) is 25.0 Å². The van der Waals surface area contributed by atoms with Crippen molar-refractivity contribution in [3.63, 3.8) is 0 Å². The molecule has 12 rings (SSSR count).